The maximum Gasteiger partial charge on any atom is 0.181 e. The molecule has 0 fully saturated rings. The van der Waals surface area contributed by atoms with Gasteiger partial charge in [0.2, 0.25) is 0 Å². The van der Waals surface area contributed by atoms with Crippen molar-refractivity contribution in [1.29, 1.82) is 0 Å². The zero-order valence-corrected chi connectivity index (χ0v) is 8.58. The molecule has 0 aliphatic carbocycles. The van der Waals surface area contributed by atoms with Gasteiger partial charge in [-0.3, -0.25) is 0 Å². The van der Waals surface area contributed by atoms with Gasteiger partial charge < -0.3 is 10.2 Å². The average molecular weight is 211 g/mol. The monoisotopic (exact) mass is 210 g/mol. The van der Waals surface area contributed by atoms with Crippen LogP contribution in [-0.2, 0) is 6.42 Å². The van der Waals surface area contributed by atoms with Crippen LogP contribution in [0, 0.1) is 0 Å². The third kappa shape index (κ3) is 1.74. The van der Waals surface area contributed by atoms with E-state index in [1.807, 2.05) is 13.0 Å². The molecule has 0 saturated heterocycles. The van der Waals surface area contributed by atoms with Crippen LogP contribution in [-0.4, -0.2) is 11.0 Å². The average Bonchev–Trinajstić information content (AvgIpc) is 2.51. The summed E-state index contributed by atoms with van der Waals surface area (Å²) < 4.78 is 5.18. The maximum absolute atomic E-state index is 6.07. The van der Waals surface area contributed by atoms with Crippen molar-refractivity contribution < 1.29 is 4.42 Å². The van der Waals surface area contributed by atoms with Gasteiger partial charge in [-0.05, 0) is 31.0 Å². The summed E-state index contributed by atoms with van der Waals surface area (Å²) in [6.07, 6.45) is 2.16. The SMILES string of the molecule is CC(N)Cc1cc2ocnc2cc1Cl. The number of nitrogens with zero attached hydrogens (tertiary/aromatic N) is 1. The van der Waals surface area contributed by atoms with Crippen LogP contribution in [0.3, 0.4) is 0 Å². The highest BCUT2D eigenvalue weighted by Gasteiger charge is 2.07. The Morgan fingerprint density at radius 3 is 3.07 bits per heavy atom. The number of halogens is 1. The lowest BCUT2D eigenvalue weighted by Gasteiger charge is -2.06. The summed E-state index contributed by atoms with van der Waals surface area (Å²) >= 11 is 6.07. The molecule has 4 heteroatoms. The normalized spacial score (nSPS) is 13.4. The van der Waals surface area contributed by atoms with Crippen molar-refractivity contribution in [2.45, 2.75) is 19.4 Å². The highest BCUT2D eigenvalue weighted by Crippen LogP contribution is 2.23. The predicted octanol–water partition coefficient (Wildman–Crippen LogP) is 2.37. The lowest BCUT2D eigenvalue weighted by molar-refractivity contribution is 0.601. The molecule has 0 bridgehead atoms. The van der Waals surface area contributed by atoms with Crippen LogP contribution >= 0.6 is 11.6 Å². The van der Waals surface area contributed by atoms with E-state index in [0.29, 0.717) is 5.02 Å². The van der Waals surface area contributed by atoms with Gasteiger partial charge in [-0.25, -0.2) is 4.98 Å². The minimum absolute atomic E-state index is 0.0906. The Kier molecular flexibility index (Phi) is 2.44. The van der Waals surface area contributed by atoms with Crippen molar-refractivity contribution in [2.75, 3.05) is 0 Å². The number of aromatic nitrogens is 1. The minimum atomic E-state index is 0.0906. The number of hydrogen-bond acceptors (Lipinski definition) is 3. The standard InChI is InChI=1S/C10H11ClN2O/c1-6(12)2-7-3-10-9(4-8(7)11)13-5-14-10/h3-6H,2,12H2,1H3. The fourth-order valence-corrected chi connectivity index (χ4v) is 1.66. The van der Waals surface area contributed by atoms with E-state index in [0.717, 1.165) is 23.1 Å². The molecule has 0 amide bonds. The summed E-state index contributed by atoms with van der Waals surface area (Å²) in [5.41, 5.74) is 8.25. The van der Waals surface area contributed by atoms with Gasteiger partial charge in [-0.1, -0.05) is 11.6 Å². The molecular formula is C10H11ClN2O. The first-order valence-electron chi connectivity index (χ1n) is 4.44. The van der Waals surface area contributed by atoms with E-state index in [2.05, 4.69) is 4.98 Å². The highest BCUT2D eigenvalue weighted by atomic mass is 35.5. The number of nitrogens with two attached hydrogens (primary N) is 1. The van der Waals surface area contributed by atoms with Gasteiger partial charge in [-0.2, -0.15) is 0 Å². The van der Waals surface area contributed by atoms with Gasteiger partial charge in [0, 0.05) is 11.1 Å². The Balaban J connectivity index is 2.48. The molecule has 1 aromatic carbocycles. The van der Waals surface area contributed by atoms with Gasteiger partial charge >= 0.3 is 0 Å². The zero-order valence-electron chi connectivity index (χ0n) is 7.83. The van der Waals surface area contributed by atoms with Crippen LogP contribution in [0.25, 0.3) is 11.1 Å². The van der Waals surface area contributed by atoms with Crippen molar-refractivity contribution in [3.63, 3.8) is 0 Å². The second kappa shape index (κ2) is 3.59. The largest absolute Gasteiger partial charge is 0.443 e. The van der Waals surface area contributed by atoms with Crippen molar-refractivity contribution >= 4 is 22.7 Å². The quantitative estimate of drug-likeness (QED) is 0.828. The molecule has 2 aromatic rings. The van der Waals surface area contributed by atoms with Crippen LogP contribution in [0.15, 0.2) is 22.9 Å². The molecule has 0 spiro atoms. The third-order valence-corrected chi connectivity index (χ3v) is 2.39. The fraction of sp³-hybridized carbons (Fsp3) is 0.300. The molecule has 3 nitrogen and oxygen atoms in total. The molecule has 1 aromatic heterocycles. The van der Waals surface area contributed by atoms with Crippen molar-refractivity contribution in [3.05, 3.63) is 29.1 Å². The summed E-state index contributed by atoms with van der Waals surface area (Å²) in [4.78, 5) is 4.02. The maximum atomic E-state index is 6.07. The van der Waals surface area contributed by atoms with Crippen LogP contribution in [0.2, 0.25) is 5.02 Å². The second-order valence-electron chi connectivity index (χ2n) is 3.45. The molecule has 14 heavy (non-hydrogen) atoms. The number of rotatable bonds is 2. The smallest absolute Gasteiger partial charge is 0.181 e. The molecule has 74 valence electrons. The number of oxazole rings is 1. The topological polar surface area (TPSA) is 52.0 Å². The summed E-state index contributed by atoms with van der Waals surface area (Å²) in [5.74, 6) is 0. The van der Waals surface area contributed by atoms with Crippen LogP contribution in [0.1, 0.15) is 12.5 Å². The zero-order chi connectivity index (χ0) is 10.1. The van der Waals surface area contributed by atoms with E-state index in [1.165, 1.54) is 6.39 Å². The Labute approximate surface area is 86.9 Å². The van der Waals surface area contributed by atoms with Crippen molar-refractivity contribution in [3.8, 4) is 0 Å². The van der Waals surface area contributed by atoms with Crippen LogP contribution < -0.4 is 5.73 Å². The van der Waals surface area contributed by atoms with Crippen LogP contribution in [0.4, 0.5) is 0 Å². The molecule has 2 N–H and O–H groups in total. The van der Waals surface area contributed by atoms with Crippen molar-refractivity contribution in [2.24, 2.45) is 5.73 Å². The van der Waals surface area contributed by atoms with Gasteiger partial charge in [0.05, 0.1) is 0 Å². The molecule has 1 heterocycles. The first-order valence-corrected chi connectivity index (χ1v) is 4.82. The van der Waals surface area contributed by atoms with E-state index in [1.54, 1.807) is 6.07 Å². The lowest BCUT2D eigenvalue weighted by Crippen LogP contribution is -2.17. The number of benzene rings is 1. The Morgan fingerprint density at radius 2 is 2.36 bits per heavy atom. The van der Waals surface area contributed by atoms with Crippen LogP contribution in [0.5, 0.6) is 0 Å². The summed E-state index contributed by atoms with van der Waals surface area (Å²) in [6.45, 7) is 1.95. The molecule has 0 radical (unpaired) electrons. The fourth-order valence-electron chi connectivity index (χ4n) is 1.42. The Bertz CT molecular complexity index is 450. The van der Waals surface area contributed by atoms with Gasteiger partial charge in [0.25, 0.3) is 0 Å². The molecule has 0 aliphatic rings. The third-order valence-electron chi connectivity index (χ3n) is 2.04. The van der Waals surface area contributed by atoms with E-state index < -0.39 is 0 Å². The molecule has 1 atom stereocenters. The lowest BCUT2D eigenvalue weighted by atomic mass is 10.1. The summed E-state index contributed by atoms with van der Waals surface area (Å²) in [5, 5.41) is 0.698. The van der Waals surface area contributed by atoms with Gasteiger partial charge in [0.1, 0.15) is 5.52 Å². The van der Waals surface area contributed by atoms with E-state index >= 15 is 0 Å². The second-order valence-corrected chi connectivity index (χ2v) is 3.85. The summed E-state index contributed by atoms with van der Waals surface area (Å²) in [7, 11) is 0. The van der Waals surface area contributed by atoms with E-state index in [-0.39, 0.29) is 6.04 Å². The predicted molar refractivity (Wildman–Crippen MR) is 56.4 cm³/mol. The number of fused-ring (bicyclic) bond motifs is 1. The van der Waals surface area contributed by atoms with E-state index in [9.17, 15) is 0 Å². The molecule has 0 saturated carbocycles. The van der Waals surface area contributed by atoms with Gasteiger partial charge in [0.15, 0.2) is 12.0 Å². The minimum Gasteiger partial charge on any atom is -0.443 e. The molecule has 2 rings (SSSR count). The van der Waals surface area contributed by atoms with Crippen molar-refractivity contribution in [1.82, 2.24) is 4.98 Å². The highest BCUT2D eigenvalue weighted by molar-refractivity contribution is 6.32. The molecular weight excluding hydrogens is 200 g/mol. The van der Waals surface area contributed by atoms with Gasteiger partial charge in [-0.15, -0.1) is 0 Å². The first kappa shape index (κ1) is 9.49. The molecule has 0 aliphatic heterocycles. The number of hydrogen-bond donors (Lipinski definition) is 1. The Hall–Kier alpha value is -1.06. The van der Waals surface area contributed by atoms with E-state index in [4.69, 9.17) is 21.8 Å². The Morgan fingerprint density at radius 1 is 1.57 bits per heavy atom. The first-order chi connectivity index (χ1) is 6.66. The molecule has 1 unspecified atom stereocenters. The summed E-state index contributed by atoms with van der Waals surface area (Å²) in [6, 6.07) is 3.79.